The summed E-state index contributed by atoms with van der Waals surface area (Å²) in [4.78, 5) is 8.41. The Hall–Kier alpha value is -0.991. The van der Waals surface area contributed by atoms with Gasteiger partial charge in [-0.25, -0.2) is 0 Å². The molecule has 0 atom stereocenters. The van der Waals surface area contributed by atoms with Crippen LogP contribution in [0.25, 0.3) is 11.4 Å². The van der Waals surface area contributed by atoms with E-state index in [1.54, 1.807) is 0 Å². The van der Waals surface area contributed by atoms with Crippen molar-refractivity contribution in [3.63, 3.8) is 0 Å². The van der Waals surface area contributed by atoms with Gasteiger partial charge in [-0.2, -0.15) is 0 Å². The monoisotopic (exact) mass is 377 g/mol. The molecule has 0 fully saturated rings. The van der Waals surface area contributed by atoms with Gasteiger partial charge in [0.05, 0.1) is 0 Å². The van der Waals surface area contributed by atoms with Crippen molar-refractivity contribution in [2.75, 3.05) is 0 Å². The van der Waals surface area contributed by atoms with Gasteiger partial charge in [-0.15, -0.1) is 0 Å². The van der Waals surface area contributed by atoms with Crippen molar-refractivity contribution in [3.05, 3.63) is 36.4 Å². The first-order valence-corrected chi connectivity index (χ1v) is 4.62. The van der Waals surface area contributed by atoms with Gasteiger partial charge in [0.2, 0.25) is 0 Å². The SMILES string of the molecule is CC1(C)c2cccnc2-c2[c-]ncn21.[Ir]. The molecule has 0 amide bonds. The van der Waals surface area contributed by atoms with Crippen LogP contribution in [0.5, 0.6) is 0 Å². The first-order chi connectivity index (χ1) is 6.71. The van der Waals surface area contributed by atoms with Gasteiger partial charge < -0.3 is 14.5 Å². The Morgan fingerprint density at radius 2 is 2.20 bits per heavy atom. The van der Waals surface area contributed by atoms with Crippen molar-refractivity contribution < 1.29 is 20.1 Å². The van der Waals surface area contributed by atoms with Crippen LogP contribution in [-0.2, 0) is 25.6 Å². The Kier molecular flexibility index (Phi) is 2.28. The van der Waals surface area contributed by atoms with Crippen molar-refractivity contribution in [1.29, 1.82) is 0 Å². The first-order valence-electron chi connectivity index (χ1n) is 4.62. The number of pyridine rings is 1. The molecule has 1 aliphatic rings. The molecule has 0 unspecified atom stereocenters. The Labute approximate surface area is 102 Å². The van der Waals surface area contributed by atoms with E-state index in [2.05, 4.69) is 40.6 Å². The predicted octanol–water partition coefficient (Wildman–Crippen LogP) is 1.84. The molecule has 3 heterocycles. The summed E-state index contributed by atoms with van der Waals surface area (Å²) in [6, 6.07) is 4.09. The normalized spacial score (nSPS) is 15.3. The predicted molar refractivity (Wildman–Crippen MR) is 52.7 cm³/mol. The molecule has 0 N–H and O–H groups in total. The molecule has 2 aromatic rings. The molecule has 0 saturated heterocycles. The standard InChI is InChI=1S/C11H10N3.Ir/c1-11(2)8-4-3-5-13-10(8)9-6-12-7-14(9)11;/h3-5,7H,1-2H3;/q-1;. The van der Waals surface area contributed by atoms with Gasteiger partial charge in [0.1, 0.15) is 0 Å². The summed E-state index contributed by atoms with van der Waals surface area (Å²) in [5.74, 6) is 0. The summed E-state index contributed by atoms with van der Waals surface area (Å²) in [6.45, 7) is 4.33. The van der Waals surface area contributed by atoms with E-state index in [0.717, 1.165) is 11.4 Å². The Morgan fingerprint density at radius 3 is 3.00 bits per heavy atom. The van der Waals surface area contributed by atoms with E-state index in [1.165, 1.54) is 5.56 Å². The average molecular weight is 376 g/mol. The topological polar surface area (TPSA) is 30.7 Å². The maximum absolute atomic E-state index is 4.38. The molecule has 0 spiro atoms. The zero-order chi connectivity index (χ0) is 9.76. The summed E-state index contributed by atoms with van der Waals surface area (Å²) in [6.07, 6.45) is 6.61. The number of imidazole rings is 1. The Morgan fingerprint density at radius 1 is 1.40 bits per heavy atom. The summed E-state index contributed by atoms with van der Waals surface area (Å²) in [5.41, 5.74) is 3.20. The molecule has 2 aromatic heterocycles. The van der Waals surface area contributed by atoms with Gasteiger partial charge in [0.25, 0.3) is 0 Å². The minimum Gasteiger partial charge on any atom is -0.395 e. The fraction of sp³-hybridized carbons (Fsp3) is 0.273. The number of nitrogens with zero attached hydrogens (tertiary/aromatic N) is 3. The molecule has 79 valence electrons. The smallest absolute Gasteiger partial charge is 0.0430 e. The van der Waals surface area contributed by atoms with Crippen LogP contribution >= 0.6 is 0 Å². The molecule has 1 aliphatic heterocycles. The molecule has 15 heavy (non-hydrogen) atoms. The fourth-order valence-corrected chi connectivity index (χ4v) is 2.07. The first kappa shape index (κ1) is 10.5. The second-order valence-corrected chi connectivity index (χ2v) is 4.03. The molecule has 0 aromatic carbocycles. The van der Waals surface area contributed by atoms with E-state index in [-0.39, 0.29) is 25.6 Å². The van der Waals surface area contributed by atoms with Crippen molar-refractivity contribution in [2.45, 2.75) is 19.4 Å². The van der Waals surface area contributed by atoms with E-state index in [9.17, 15) is 0 Å². The van der Waals surface area contributed by atoms with Gasteiger partial charge in [0, 0.05) is 31.8 Å². The summed E-state index contributed by atoms with van der Waals surface area (Å²) in [7, 11) is 0. The van der Waals surface area contributed by atoms with Gasteiger partial charge in [-0.3, -0.25) is 0 Å². The van der Waals surface area contributed by atoms with Crippen LogP contribution in [0.4, 0.5) is 0 Å². The Balaban J connectivity index is 0.000000853. The maximum Gasteiger partial charge on any atom is 0.0430 e. The van der Waals surface area contributed by atoms with E-state index >= 15 is 0 Å². The summed E-state index contributed by atoms with van der Waals surface area (Å²) in [5, 5.41) is 0. The minimum absolute atomic E-state index is 0. The average Bonchev–Trinajstić information content (AvgIpc) is 2.72. The molecule has 0 aliphatic carbocycles. The van der Waals surface area contributed by atoms with Crippen LogP contribution in [-0.4, -0.2) is 14.5 Å². The molecule has 1 radical (unpaired) electrons. The number of hydrogen-bond donors (Lipinski definition) is 0. The zero-order valence-corrected chi connectivity index (χ0v) is 10.9. The van der Waals surface area contributed by atoms with Gasteiger partial charge in [-0.05, 0) is 37.6 Å². The molecule has 3 rings (SSSR count). The Bertz CT molecular complexity index is 502. The van der Waals surface area contributed by atoms with Crippen molar-refractivity contribution in [2.24, 2.45) is 0 Å². The zero-order valence-electron chi connectivity index (χ0n) is 8.48. The molecule has 0 saturated carbocycles. The molecule has 0 bridgehead atoms. The number of fused-ring (bicyclic) bond motifs is 3. The fourth-order valence-electron chi connectivity index (χ4n) is 2.07. The van der Waals surface area contributed by atoms with Crippen LogP contribution in [0.1, 0.15) is 19.4 Å². The van der Waals surface area contributed by atoms with Crippen LogP contribution in [0, 0.1) is 6.20 Å². The largest absolute Gasteiger partial charge is 0.395 e. The second-order valence-electron chi connectivity index (χ2n) is 4.03. The number of aromatic nitrogens is 3. The second kappa shape index (κ2) is 3.25. The third-order valence-electron chi connectivity index (χ3n) is 2.88. The summed E-state index contributed by atoms with van der Waals surface area (Å²) >= 11 is 0. The van der Waals surface area contributed by atoms with E-state index in [0.29, 0.717) is 0 Å². The molecular weight excluding hydrogens is 366 g/mol. The van der Waals surface area contributed by atoms with Crippen LogP contribution in [0.2, 0.25) is 0 Å². The minimum atomic E-state index is -0.0497. The molecular formula is C11H10IrN3-. The van der Waals surface area contributed by atoms with Crippen molar-refractivity contribution >= 4 is 0 Å². The number of hydrogen-bond acceptors (Lipinski definition) is 2. The van der Waals surface area contributed by atoms with E-state index < -0.39 is 0 Å². The quantitative estimate of drug-likeness (QED) is 0.657. The van der Waals surface area contributed by atoms with Gasteiger partial charge in [0.15, 0.2) is 0 Å². The van der Waals surface area contributed by atoms with Crippen LogP contribution < -0.4 is 0 Å². The van der Waals surface area contributed by atoms with Crippen molar-refractivity contribution in [1.82, 2.24) is 14.5 Å². The van der Waals surface area contributed by atoms with Crippen LogP contribution in [0.15, 0.2) is 24.7 Å². The summed E-state index contributed by atoms with van der Waals surface area (Å²) < 4.78 is 2.12. The van der Waals surface area contributed by atoms with E-state index in [1.807, 2.05) is 18.6 Å². The third kappa shape index (κ3) is 1.22. The van der Waals surface area contributed by atoms with Gasteiger partial charge >= 0.3 is 0 Å². The number of rotatable bonds is 0. The molecule has 4 heteroatoms. The maximum atomic E-state index is 4.38. The van der Waals surface area contributed by atoms with E-state index in [4.69, 9.17) is 0 Å². The van der Waals surface area contributed by atoms with Crippen LogP contribution in [0.3, 0.4) is 0 Å². The molecule has 3 nitrogen and oxygen atoms in total. The van der Waals surface area contributed by atoms with Gasteiger partial charge in [-0.1, -0.05) is 17.8 Å². The third-order valence-corrected chi connectivity index (χ3v) is 2.88. The van der Waals surface area contributed by atoms with Crippen molar-refractivity contribution in [3.8, 4) is 11.4 Å².